The number of oxazole rings is 1. The Bertz CT molecular complexity index is 1030. The van der Waals surface area contributed by atoms with Gasteiger partial charge in [0.15, 0.2) is 6.10 Å². The number of halogens is 1. The SMILES string of the molecule is CCOC(Cc1ccc(OCc2nc(-c3cccc(Cl)c3)oc2C)cc1C)C(=O)O. The second kappa shape index (κ2) is 9.78. The predicted octanol–water partition coefficient (Wildman–Crippen LogP) is 5.22. The summed E-state index contributed by atoms with van der Waals surface area (Å²) in [6.07, 6.45) is -0.552. The van der Waals surface area contributed by atoms with E-state index in [1.165, 1.54) is 0 Å². The van der Waals surface area contributed by atoms with Crippen LogP contribution in [0.4, 0.5) is 0 Å². The van der Waals surface area contributed by atoms with Crippen molar-refractivity contribution in [3.8, 4) is 17.2 Å². The van der Waals surface area contributed by atoms with Crippen LogP contribution in [-0.2, 0) is 22.6 Å². The lowest BCUT2D eigenvalue weighted by Gasteiger charge is -2.15. The Hall–Kier alpha value is -2.83. The van der Waals surface area contributed by atoms with Crippen molar-refractivity contribution in [3.05, 3.63) is 70.1 Å². The van der Waals surface area contributed by atoms with Gasteiger partial charge in [-0.25, -0.2) is 9.78 Å². The third kappa shape index (κ3) is 5.40. The number of ether oxygens (including phenoxy) is 2. The van der Waals surface area contributed by atoms with Gasteiger partial charge in [-0.2, -0.15) is 0 Å². The van der Waals surface area contributed by atoms with Gasteiger partial charge in [0, 0.05) is 23.6 Å². The summed E-state index contributed by atoms with van der Waals surface area (Å²) >= 11 is 6.04. The number of carbonyl (C=O) groups is 1. The zero-order valence-corrected chi connectivity index (χ0v) is 17.9. The molecule has 0 aliphatic carbocycles. The van der Waals surface area contributed by atoms with E-state index in [0.717, 1.165) is 16.7 Å². The highest BCUT2D eigenvalue weighted by atomic mass is 35.5. The number of aliphatic carboxylic acids is 1. The van der Waals surface area contributed by atoms with Gasteiger partial charge in [0.25, 0.3) is 0 Å². The summed E-state index contributed by atoms with van der Waals surface area (Å²) in [5, 5.41) is 9.89. The lowest BCUT2D eigenvalue weighted by molar-refractivity contribution is -0.149. The van der Waals surface area contributed by atoms with Gasteiger partial charge in [0.05, 0.1) is 0 Å². The molecule has 0 radical (unpaired) electrons. The third-order valence-corrected chi connectivity index (χ3v) is 4.94. The highest BCUT2D eigenvalue weighted by molar-refractivity contribution is 6.30. The summed E-state index contributed by atoms with van der Waals surface area (Å²) in [4.78, 5) is 15.8. The van der Waals surface area contributed by atoms with E-state index in [2.05, 4.69) is 4.98 Å². The van der Waals surface area contributed by atoms with Crippen LogP contribution in [-0.4, -0.2) is 28.8 Å². The molecule has 6 nitrogen and oxygen atoms in total. The number of aryl methyl sites for hydroxylation is 2. The first-order valence-electron chi connectivity index (χ1n) is 9.66. The van der Waals surface area contributed by atoms with Crippen molar-refractivity contribution < 1.29 is 23.8 Å². The molecule has 7 heteroatoms. The fraction of sp³-hybridized carbons (Fsp3) is 0.304. The molecule has 0 saturated heterocycles. The normalized spacial score (nSPS) is 12.0. The summed E-state index contributed by atoms with van der Waals surface area (Å²) in [7, 11) is 0. The Morgan fingerprint density at radius 3 is 2.70 bits per heavy atom. The first-order valence-corrected chi connectivity index (χ1v) is 10.0. The van der Waals surface area contributed by atoms with Gasteiger partial charge in [0.1, 0.15) is 23.8 Å². The fourth-order valence-electron chi connectivity index (χ4n) is 3.06. The van der Waals surface area contributed by atoms with E-state index >= 15 is 0 Å². The lowest BCUT2D eigenvalue weighted by atomic mass is 10.0. The predicted molar refractivity (Wildman–Crippen MR) is 114 cm³/mol. The fourth-order valence-corrected chi connectivity index (χ4v) is 3.25. The molecule has 30 heavy (non-hydrogen) atoms. The summed E-state index contributed by atoms with van der Waals surface area (Å²) in [6, 6.07) is 12.9. The van der Waals surface area contributed by atoms with Gasteiger partial charge in [0.2, 0.25) is 5.89 Å². The monoisotopic (exact) mass is 429 g/mol. The number of aromatic nitrogens is 1. The van der Waals surface area contributed by atoms with Crippen molar-refractivity contribution in [2.24, 2.45) is 0 Å². The number of hydrogen-bond acceptors (Lipinski definition) is 5. The van der Waals surface area contributed by atoms with Crippen molar-refractivity contribution >= 4 is 17.6 Å². The standard InChI is InChI=1S/C23H24ClNO5/c1-4-28-21(23(26)27)12-16-8-9-19(10-14(16)2)29-13-20-15(3)30-22(25-20)17-6-5-7-18(24)11-17/h5-11,21H,4,12-13H2,1-3H3,(H,26,27). The van der Waals surface area contributed by atoms with Crippen LogP contribution in [0, 0.1) is 13.8 Å². The van der Waals surface area contributed by atoms with E-state index in [1.54, 1.807) is 19.1 Å². The maximum Gasteiger partial charge on any atom is 0.333 e. The number of hydrogen-bond donors (Lipinski definition) is 1. The molecule has 0 aliphatic heterocycles. The molecule has 0 fully saturated rings. The summed E-state index contributed by atoms with van der Waals surface area (Å²) in [5.74, 6) is 0.884. The van der Waals surface area contributed by atoms with E-state index in [4.69, 9.17) is 25.5 Å². The van der Waals surface area contributed by atoms with Crippen LogP contribution in [0.15, 0.2) is 46.9 Å². The first-order chi connectivity index (χ1) is 14.4. The highest BCUT2D eigenvalue weighted by Gasteiger charge is 2.19. The van der Waals surface area contributed by atoms with Crippen molar-refractivity contribution in [1.82, 2.24) is 4.98 Å². The van der Waals surface area contributed by atoms with Crippen molar-refractivity contribution in [2.75, 3.05) is 6.61 Å². The zero-order valence-electron chi connectivity index (χ0n) is 17.1. The quantitative estimate of drug-likeness (QED) is 0.502. The molecule has 1 aromatic heterocycles. The summed E-state index contributed by atoms with van der Waals surface area (Å²) in [5.41, 5.74) is 3.35. The highest BCUT2D eigenvalue weighted by Crippen LogP contribution is 2.26. The molecule has 0 spiro atoms. The van der Waals surface area contributed by atoms with Crippen LogP contribution in [0.2, 0.25) is 5.02 Å². The molecule has 0 bridgehead atoms. The maximum atomic E-state index is 11.3. The van der Waals surface area contributed by atoms with Crippen LogP contribution in [0.1, 0.15) is 29.5 Å². The van der Waals surface area contributed by atoms with E-state index in [1.807, 2.05) is 44.2 Å². The molecule has 0 aliphatic rings. The van der Waals surface area contributed by atoms with Crippen molar-refractivity contribution in [3.63, 3.8) is 0 Å². The maximum absolute atomic E-state index is 11.3. The second-order valence-corrected chi connectivity index (χ2v) is 7.33. The molecule has 1 atom stereocenters. The molecule has 1 unspecified atom stereocenters. The van der Waals surface area contributed by atoms with Crippen molar-refractivity contribution in [2.45, 2.75) is 39.9 Å². The molecule has 1 heterocycles. The van der Waals surface area contributed by atoms with Gasteiger partial charge < -0.3 is 19.0 Å². The number of benzene rings is 2. The Labute approximate surface area is 180 Å². The van der Waals surface area contributed by atoms with E-state index in [0.29, 0.717) is 41.1 Å². The smallest absolute Gasteiger partial charge is 0.333 e. The Morgan fingerprint density at radius 1 is 1.23 bits per heavy atom. The van der Waals surface area contributed by atoms with Crippen LogP contribution in [0.25, 0.3) is 11.5 Å². The molecule has 158 valence electrons. The number of carboxylic acids is 1. The largest absolute Gasteiger partial charge is 0.487 e. The minimum absolute atomic E-state index is 0.255. The van der Waals surface area contributed by atoms with E-state index < -0.39 is 12.1 Å². The molecule has 3 rings (SSSR count). The molecular formula is C23H24ClNO5. The average molecular weight is 430 g/mol. The van der Waals surface area contributed by atoms with Gasteiger partial charge in [-0.3, -0.25) is 0 Å². The minimum Gasteiger partial charge on any atom is -0.487 e. The average Bonchev–Trinajstić information content (AvgIpc) is 3.08. The summed E-state index contributed by atoms with van der Waals surface area (Å²) in [6.45, 7) is 6.15. The zero-order chi connectivity index (χ0) is 21.7. The first kappa shape index (κ1) is 21.9. The molecular weight excluding hydrogens is 406 g/mol. The van der Waals surface area contributed by atoms with Crippen LogP contribution in [0.5, 0.6) is 5.75 Å². The molecule has 1 N–H and O–H groups in total. The van der Waals surface area contributed by atoms with Gasteiger partial charge in [-0.05, 0) is 62.2 Å². The van der Waals surface area contributed by atoms with Gasteiger partial charge in [-0.1, -0.05) is 23.7 Å². The molecule has 0 saturated carbocycles. The van der Waals surface area contributed by atoms with Crippen LogP contribution < -0.4 is 4.74 Å². The topological polar surface area (TPSA) is 81.8 Å². The summed E-state index contributed by atoms with van der Waals surface area (Å²) < 4.78 is 16.9. The number of rotatable bonds is 9. The third-order valence-electron chi connectivity index (χ3n) is 4.70. The Morgan fingerprint density at radius 2 is 2.03 bits per heavy atom. The lowest BCUT2D eigenvalue weighted by Crippen LogP contribution is -2.26. The molecule has 0 amide bonds. The Balaban J connectivity index is 1.68. The van der Waals surface area contributed by atoms with Crippen molar-refractivity contribution in [1.29, 1.82) is 0 Å². The molecule has 3 aromatic rings. The Kier molecular flexibility index (Phi) is 7.13. The van der Waals surface area contributed by atoms with Crippen LogP contribution >= 0.6 is 11.6 Å². The second-order valence-electron chi connectivity index (χ2n) is 6.90. The van der Waals surface area contributed by atoms with Gasteiger partial charge >= 0.3 is 5.97 Å². The minimum atomic E-state index is -0.964. The molecule has 2 aromatic carbocycles. The van der Waals surface area contributed by atoms with Crippen LogP contribution in [0.3, 0.4) is 0 Å². The number of carboxylic acid groups (broad SMARTS) is 1. The number of nitrogens with zero attached hydrogens (tertiary/aromatic N) is 1. The van der Waals surface area contributed by atoms with Gasteiger partial charge in [-0.15, -0.1) is 0 Å². The van der Waals surface area contributed by atoms with E-state index in [-0.39, 0.29) is 6.61 Å². The van der Waals surface area contributed by atoms with E-state index in [9.17, 15) is 9.90 Å².